The maximum Gasteiger partial charge on any atom is 0.405 e. The molecule has 3 aromatic rings. The monoisotopic (exact) mass is 350 g/mol. The number of amides is 1. The summed E-state index contributed by atoms with van der Waals surface area (Å²) >= 11 is 0. The lowest BCUT2D eigenvalue weighted by Crippen LogP contribution is -2.22. The van der Waals surface area contributed by atoms with Crippen molar-refractivity contribution < 1.29 is 22.5 Å². The second kappa shape index (κ2) is 6.42. The van der Waals surface area contributed by atoms with E-state index in [9.17, 15) is 18.0 Å². The van der Waals surface area contributed by atoms with Gasteiger partial charge in [-0.1, -0.05) is 17.3 Å². The summed E-state index contributed by atoms with van der Waals surface area (Å²) in [6.07, 6.45) is -3.05. The summed E-state index contributed by atoms with van der Waals surface area (Å²) < 4.78 is 42.1. The molecule has 3 rings (SSSR count). The second-order valence-electron chi connectivity index (χ2n) is 5.31. The molecule has 1 aromatic carbocycles. The van der Waals surface area contributed by atoms with Gasteiger partial charge in [0.1, 0.15) is 6.54 Å². The molecular weight excluding hydrogens is 337 g/mol. The first-order valence-corrected chi connectivity index (χ1v) is 7.26. The Morgan fingerprint density at radius 2 is 1.96 bits per heavy atom. The Kier molecular flexibility index (Phi) is 4.30. The zero-order valence-corrected chi connectivity index (χ0v) is 13.0. The summed E-state index contributed by atoms with van der Waals surface area (Å²) in [7, 11) is 0. The van der Waals surface area contributed by atoms with Crippen molar-refractivity contribution in [3.05, 3.63) is 47.8 Å². The molecule has 0 aliphatic heterocycles. The van der Waals surface area contributed by atoms with Gasteiger partial charge in [-0.2, -0.15) is 13.2 Å². The number of nitrogens with one attached hydrogen (secondary N) is 2. The number of alkyl halides is 3. The number of anilines is 2. The molecule has 130 valence electrons. The predicted molar refractivity (Wildman–Crippen MR) is 85.5 cm³/mol. The maximum absolute atomic E-state index is 12.4. The van der Waals surface area contributed by atoms with Crippen LogP contribution in [0.5, 0.6) is 0 Å². The van der Waals surface area contributed by atoms with E-state index in [1.807, 2.05) is 0 Å². The van der Waals surface area contributed by atoms with E-state index in [0.29, 0.717) is 16.8 Å². The number of carbonyl (C=O) groups excluding carboxylic acids is 1. The Morgan fingerprint density at radius 1 is 1.24 bits per heavy atom. The number of pyridine rings is 1. The molecule has 0 saturated heterocycles. The Morgan fingerprint density at radius 3 is 2.68 bits per heavy atom. The summed E-state index contributed by atoms with van der Waals surface area (Å²) in [5.74, 6) is -0.503. The van der Waals surface area contributed by atoms with Crippen LogP contribution in [0.25, 0.3) is 11.1 Å². The third kappa shape index (κ3) is 3.87. The molecule has 6 nitrogen and oxygen atoms in total. The van der Waals surface area contributed by atoms with Crippen LogP contribution in [0, 0.1) is 6.92 Å². The lowest BCUT2D eigenvalue weighted by Gasteiger charge is -2.14. The van der Waals surface area contributed by atoms with Gasteiger partial charge in [-0.25, -0.2) is 4.98 Å². The fourth-order valence-electron chi connectivity index (χ4n) is 2.21. The molecular formula is C16H13F3N4O2. The maximum atomic E-state index is 12.4. The number of halogens is 3. The largest absolute Gasteiger partial charge is 0.405 e. The number of aryl methyl sites for hydroxylation is 1. The number of fused-ring (bicyclic) bond motifs is 1. The SMILES string of the molecule is Cc1noc2ncc(C(=O)Nc3ccccc3NCC(F)(F)F)cc12. The molecule has 2 heterocycles. The highest BCUT2D eigenvalue weighted by Crippen LogP contribution is 2.24. The number of para-hydroxylation sites is 2. The van der Waals surface area contributed by atoms with Crippen LogP contribution in [-0.4, -0.2) is 28.8 Å². The van der Waals surface area contributed by atoms with Crippen molar-refractivity contribution in [3.63, 3.8) is 0 Å². The fourth-order valence-corrected chi connectivity index (χ4v) is 2.21. The summed E-state index contributed by atoms with van der Waals surface area (Å²) in [6.45, 7) is 0.513. The van der Waals surface area contributed by atoms with Gasteiger partial charge >= 0.3 is 6.18 Å². The van der Waals surface area contributed by atoms with Gasteiger partial charge in [0.05, 0.1) is 28.0 Å². The zero-order valence-electron chi connectivity index (χ0n) is 13.0. The highest BCUT2D eigenvalue weighted by molar-refractivity contribution is 6.07. The number of aromatic nitrogens is 2. The van der Waals surface area contributed by atoms with Crippen LogP contribution < -0.4 is 10.6 Å². The zero-order chi connectivity index (χ0) is 18.0. The number of hydrogen-bond acceptors (Lipinski definition) is 5. The fraction of sp³-hybridized carbons (Fsp3) is 0.188. The van der Waals surface area contributed by atoms with Gasteiger partial charge in [0.15, 0.2) is 0 Å². The van der Waals surface area contributed by atoms with E-state index in [1.165, 1.54) is 18.3 Å². The van der Waals surface area contributed by atoms with Crippen molar-refractivity contribution in [1.29, 1.82) is 0 Å². The topological polar surface area (TPSA) is 80.0 Å². The lowest BCUT2D eigenvalue weighted by atomic mass is 10.2. The molecule has 0 radical (unpaired) electrons. The average molecular weight is 350 g/mol. The van der Waals surface area contributed by atoms with Gasteiger partial charge < -0.3 is 15.2 Å². The number of nitrogens with zero attached hydrogens (tertiary/aromatic N) is 2. The van der Waals surface area contributed by atoms with Gasteiger partial charge in [0.25, 0.3) is 11.6 Å². The van der Waals surface area contributed by atoms with Crippen molar-refractivity contribution in [2.24, 2.45) is 0 Å². The Bertz CT molecular complexity index is 921. The van der Waals surface area contributed by atoms with E-state index in [0.717, 1.165) is 0 Å². The standard InChI is InChI=1S/C16H13F3N4O2/c1-9-11-6-10(7-20-15(11)25-23-9)14(24)22-13-5-3-2-4-12(13)21-8-16(17,18)19/h2-7,21H,8H2,1H3,(H,22,24). The molecule has 0 bridgehead atoms. The number of rotatable bonds is 4. The molecule has 1 amide bonds. The van der Waals surface area contributed by atoms with Gasteiger partial charge in [0, 0.05) is 6.20 Å². The molecule has 2 aromatic heterocycles. The molecule has 0 fully saturated rings. The number of benzene rings is 1. The van der Waals surface area contributed by atoms with Crippen LogP contribution in [0.3, 0.4) is 0 Å². The van der Waals surface area contributed by atoms with Crippen molar-refractivity contribution in [2.75, 3.05) is 17.2 Å². The van der Waals surface area contributed by atoms with E-state index < -0.39 is 18.6 Å². The highest BCUT2D eigenvalue weighted by atomic mass is 19.4. The van der Waals surface area contributed by atoms with Crippen LogP contribution >= 0.6 is 0 Å². The van der Waals surface area contributed by atoms with Gasteiger partial charge in [-0.3, -0.25) is 4.79 Å². The van der Waals surface area contributed by atoms with Crippen LogP contribution in [0.1, 0.15) is 16.1 Å². The Balaban J connectivity index is 1.81. The Hall–Kier alpha value is -3.10. The van der Waals surface area contributed by atoms with Crippen LogP contribution in [0.2, 0.25) is 0 Å². The molecule has 2 N–H and O–H groups in total. The minimum atomic E-state index is -4.36. The molecule has 25 heavy (non-hydrogen) atoms. The summed E-state index contributed by atoms with van der Waals surface area (Å²) in [4.78, 5) is 16.4. The number of carbonyl (C=O) groups is 1. The summed E-state index contributed by atoms with van der Waals surface area (Å²) in [6, 6.07) is 7.71. The Labute approximate surface area is 140 Å². The van der Waals surface area contributed by atoms with Crippen molar-refractivity contribution in [3.8, 4) is 0 Å². The first kappa shape index (κ1) is 16.7. The molecule has 0 aliphatic carbocycles. The molecule has 0 aliphatic rings. The second-order valence-corrected chi connectivity index (χ2v) is 5.31. The normalized spacial score (nSPS) is 11.5. The molecule has 9 heteroatoms. The average Bonchev–Trinajstić information content (AvgIpc) is 2.94. The van der Waals surface area contributed by atoms with Crippen molar-refractivity contribution in [1.82, 2.24) is 10.1 Å². The molecule has 0 atom stereocenters. The van der Waals surface area contributed by atoms with E-state index in [2.05, 4.69) is 20.8 Å². The third-order valence-corrected chi connectivity index (χ3v) is 3.43. The number of hydrogen-bond donors (Lipinski definition) is 2. The quantitative estimate of drug-likeness (QED) is 0.749. The lowest BCUT2D eigenvalue weighted by molar-refractivity contribution is -0.115. The van der Waals surface area contributed by atoms with Crippen LogP contribution in [-0.2, 0) is 0 Å². The third-order valence-electron chi connectivity index (χ3n) is 3.43. The van der Waals surface area contributed by atoms with Gasteiger partial charge in [0.2, 0.25) is 0 Å². The minimum absolute atomic E-state index is 0.170. The first-order valence-electron chi connectivity index (χ1n) is 7.26. The van der Waals surface area contributed by atoms with Crippen molar-refractivity contribution >= 4 is 28.4 Å². The minimum Gasteiger partial charge on any atom is -0.375 e. The predicted octanol–water partition coefficient (Wildman–Crippen LogP) is 3.76. The molecule has 0 saturated carbocycles. The van der Waals surface area contributed by atoms with E-state index in [-0.39, 0.29) is 16.9 Å². The summed E-state index contributed by atoms with van der Waals surface area (Å²) in [5, 5.41) is 9.19. The van der Waals surface area contributed by atoms with E-state index in [1.54, 1.807) is 25.1 Å². The highest BCUT2D eigenvalue weighted by Gasteiger charge is 2.27. The van der Waals surface area contributed by atoms with Gasteiger partial charge in [-0.05, 0) is 25.1 Å². The smallest absolute Gasteiger partial charge is 0.375 e. The van der Waals surface area contributed by atoms with Gasteiger partial charge in [-0.15, -0.1) is 0 Å². The van der Waals surface area contributed by atoms with Crippen LogP contribution in [0.4, 0.5) is 24.5 Å². The van der Waals surface area contributed by atoms with Crippen molar-refractivity contribution in [2.45, 2.75) is 13.1 Å². The first-order chi connectivity index (χ1) is 11.8. The summed E-state index contributed by atoms with van der Waals surface area (Å²) in [5.41, 5.74) is 1.54. The van der Waals surface area contributed by atoms with E-state index in [4.69, 9.17) is 4.52 Å². The van der Waals surface area contributed by atoms with E-state index >= 15 is 0 Å². The molecule has 0 spiro atoms. The molecule has 0 unspecified atom stereocenters. The van der Waals surface area contributed by atoms with Crippen LogP contribution in [0.15, 0.2) is 41.1 Å².